The van der Waals surface area contributed by atoms with Gasteiger partial charge in [-0.1, -0.05) is 35.9 Å². The van der Waals surface area contributed by atoms with Crippen LogP contribution in [0.2, 0.25) is 0 Å². The topological polar surface area (TPSA) is 30.5 Å². The molecule has 0 amide bonds. The van der Waals surface area contributed by atoms with E-state index in [1.54, 1.807) is 7.11 Å². The molecule has 3 nitrogen and oxygen atoms in total. The molecule has 2 aromatic carbocycles. The predicted octanol–water partition coefficient (Wildman–Crippen LogP) is 3.30. The first-order valence-electron chi connectivity index (χ1n) is 6.73. The van der Waals surface area contributed by atoms with E-state index in [1.807, 2.05) is 25.2 Å². The van der Waals surface area contributed by atoms with Crippen molar-refractivity contribution in [2.45, 2.75) is 20.1 Å². The fraction of sp³-hybridized carbons (Fsp3) is 0.294. The molecule has 0 heterocycles. The Labute approximate surface area is 120 Å². The molecule has 3 heteroatoms. The summed E-state index contributed by atoms with van der Waals surface area (Å²) < 4.78 is 11.2. The van der Waals surface area contributed by atoms with Crippen molar-refractivity contribution in [2.75, 3.05) is 14.2 Å². The molecule has 0 radical (unpaired) electrons. The molecule has 0 atom stereocenters. The largest absolute Gasteiger partial charge is 0.493 e. The monoisotopic (exact) mass is 271 g/mol. The van der Waals surface area contributed by atoms with Crippen molar-refractivity contribution in [1.82, 2.24) is 5.32 Å². The summed E-state index contributed by atoms with van der Waals surface area (Å²) in [5.74, 6) is 1.54. The molecule has 2 rings (SSSR count). The quantitative estimate of drug-likeness (QED) is 0.874. The fourth-order valence-electron chi connectivity index (χ4n) is 1.99. The third-order valence-corrected chi connectivity index (χ3v) is 3.12. The second-order valence-corrected chi connectivity index (χ2v) is 4.79. The maximum atomic E-state index is 5.89. The van der Waals surface area contributed by atoms with Gasteiger partial charge in [0.05, 0.1) is 7.11 Å². The predicted molar refractivity (Wildman–Crippen MR) is 81.3 cm³/mol. The minimum absolute atomic E-state index is 0.541. The summed E-state index contributed by atoms with van der Waals surface area (Å²) >= 11 is 0. The molecule has 0 aliphatic carbocycles. The van der Waals surface area contributed by atoms with Gasteiger partial charge in [0, 0.05) is 6.54 Å². The first kappa shape index (κ1) is 14.4. The van der Waals surface area contributed by atoms with E-state index in [2.05, 4.69) is 36.5 Å². The summed E-state index contributed by atoms with van der Waals surface area (Å²) in [5, 5.41) is 3.13. The summed E-state index contributed by atoms with van der Waals surface area (Å²) in [5.41, 5.74) is 3.58. The Kier molecular flexibility index (Phi) is 5.02. The number of methoxy groups -OCH3 is 1. The molecule has 0 spiro atoms. The van der Waals surface area contributed by atoms with Gasteiger partial charge in [-0.05, 0) is 37.2 Å². The second-order valence-electron chi connectivity index (χ2n) is 4.79. The zero-order chi connectivity index (χ0) is 14.4. The molecule has 1 N–H and O–H groups in total. The minimum Gasteiger partial charge on any atom is -0.493 e. The van der Waals surface area contributed by atoms with Crippen LogP contribution in [0.1, 0.15) is 16.7 Å². The van der Waals surface area contributed by atoms with Gasteiger partial charge in [-0.25, -0.2) is 0 Å². The van der Waals surface area contributed by atoms with Gasteiger partial charge in [0.2, 0.25) is 0 Å². The highest BCUT2D eigenvalue weighted by atomic mass is 16.5. The lowest BCUT2D eigenvalue weighted by molar-refractivity contribution is 0.284. The Hall–Kier alpha value is -2.00. The lowest BCUT2D eigenvalue weighted by atomic mass is 10.1. The summed E-state index contributed by atoms with van der Waals surface area (Å²) in [7, 11) is 3.59. The molecule has 106 valence electrons. The molecule has 0 aromatic heterocycles. The van der Waals surface area contributed by atoms with Crippen molar-refractivity contribution in [3.05, 3.63) is 59.2 Å². The van der Waals surface area contributed by atoms with E-state index < -0.39 is 0 Å². The molecule has 0 aliphatic heterocycles. The number of aryl methyl sites for hydroxylation is 1. The van der Waals surface area contributed by atoms with Gasteiger partial charge in [0.25, 0.3) is 0 Å². The summed E-state index contributed by atoms with van der Waals surface area (Å²) in [6, 6.07) is 14.3. The van der Waals surface area contributed by atoms with Crippen molar-refractivity contribution >= 4 is 0 Å². The van der Waals surface area contributed by atoms with Crippen molar-refractivity contribution in [3.8, 4) is 11.5 Å². The highest BCUT2D eigenvalue weighted by Crippen LogP contribution is 2.28. The third-order valence-electron chi connectivity index (χ3n) is 3.12. The van der Waals surface area contributed by atoms with Crippen molar-refractivity contribution < 1.29 is 9.47 Å². The number of rotatable bonds is 6. The zero-order valence-corrected chi connectivity index (χ0v) is 12.3. The molecule has 0 unspecified atom stereocenters. The third kappa shape index (κ3) is 3.75. The van der Waals surface area contributed by atoms with E-state index in [4.69, 9.17) is 9.47 Å². The fourth-order valence-corrected chi connectivity index (χ4v) is 1.99. The molecule has 0 fully saturated rings. The van der Waals surface area contributed by atoms with E-state index in [9.17, 15) is 0 Å². The van der Waals surface area contributed by atoms with Crippen LogP contribution in [-0.4, -0.2) is 14.2 Å². The van der Waals surface area contributed by atoms with Crippen LogP contribution in [0.3, 0.4) is 0 Å². The maximum Gasteiger partial charge on any atom is 0.161 e. The van der Waals surface area contributed by atoms with E-state index >= 15 is 0 Å². The van der Waals surface area contributed by atoms with Gasteiger partial charge in [-0.15, -0.1) is 0 Å². The molecule has 0 bridgehead atoms. The summed E-state index contributed by atoms with van der Waals surface area (Å²) in [6.07, 6.45) is 0. The Morgan fingerprint density at radius 1 is 0.950 bits per heavy atom. The Balaban J connectivity index is 2.10. The zero-order valence-electron chi connectivity index (χ0n) is 12.3. The van der Waals surface area contributed by atoms with Gasteiger partial charge in [0.1, 0.15) is 6.61 Å². The average molecular weight is 271 g/mol. The summed E-state index contributed by atoms with van der Waals surface area (Å²) in [4.78, 5) is 0. The Morgan fingerprint density at radius 2 is 1.65 bits per heavy atom. The molecule has 0 saturated heterocycles. The first-order chi connectivity index (χ1) is 9.72. The summed E-state index contributed by atoms with van der Waals surface area (Å²) in [6.45, 7) is 3.43. The molecule has 2 aromatic rings. The molecular weight excluding hydrogens is 250 g/mol. The van der Waals surface area contributed by atoms with Crippen LogP contribution in [0, 0.1) is 6.92 Å². The second kappa shape index (κ2) is 6.96. The number of benzene rings is 2. The van der Waals surface area contributed by atoms with Crippen LogP contribution in [-0.2, 0) is 13.2 Å². The van der Waals surface area contributed by atoms with Gasteiger partial charge < -0.3 is 14.8 Å². The van der Waals surface area contributed by atoms with E-state index in [-0.39, 0.29) is 0 Å². The Morgan fingerprint density at radius 3 is 2.30 bits per heavy atom. The standard InChI is InChI=1S/C17H21NO2/c1-13-4-6-14(7-5-13)12-20-17-10-15(11-18-2)8-9-16(17)19-3/h4-10,18H,11-12H2,1-3H3. The maximum absolute atomic E-state index is 5.89. The van der Waals surface area contributed by atoms with Gasteiger partial charge in [0.15, 0.2) is 11.5 Å². The average Bonchev–Trinajstić information content (AvgIpc) is 2.47. The minimum atomic E-state index is 0.541. The number of hydrogen-bond acceptors (Lipinski definition) is 3. The molecule has 0 aliphatic rings. The highest BCUT2D eigenvalue weighted by Gasteiger charge is 2.06. The lowest BCUT2D eigenvalue weighted by Gasteiger charge is -2.12. The molecule has 20 heavy (non-hydrogen) atoms. The normalized spacial score (nSPS) is 10.3. The highest BCUT2D eigenvalue weighted by molar-refractivity contribution is 5.43. The number of ether oxygens (including phenoxy) is 2. The van der Waals surface area contributed by atoms with Crippen LogP contribution >= 0.6 is 0 Å². The number of hydrogen-bond donors (Lipinski definition) is 1. The lowest BCUT2D eigenvalue weighted by Crippen LogP contribution is -2.05. The van der Waals surface area contributed by atoms with E-state index in [1.165, 1.54) is 11.1 Å². The first-order valence-corrected chi connectivity index (χ1v) is 6.73. The van der Waals surface area contributed by atoms with Crippen molar-refractivity contribution in [2.24, 2.45) is 0 Å². The molecular formula is C17H21NO2. The van der Waals surface area contributed by atoms with Crippen molar-refractivity contribution in [1.29, 1.82) is 0 Å². The number of nitrogens with one attached hydrogen (secondary N) is 1. The van der Waals surface area contributed by atoms with Crippen LogP contribution in [0.25, 0.3) is 0 Å². The van der Waals surface area contributed by atoms with Crippen LogP contribution in [0.15, 0.2) is 42.5 Å². The van der Waals surface area contributed by atoms with Gasteiger partial charge in [-0.3, -0.25) is 0 Å². The van der Waals surface area contributed by atoms with Gasteiger partial charge >= 0.3 is 0 Å². The molecule has 0 saturated carbocycles. The Bertz CT molecular complexity index is 549. The SMILES string of the molecule is CNCc1ccc(OC)c(OCc2ccc(C)cc2)c1. The van der Waals surface area contributed by atoms with Crippen molar-refractivity contribution in [3.63, 3.8) is 0 Å². The smallest absolute Gasteiger partial charge is 0.161 e. The van der Waals surface area contributed by atoms with E-state index in [0.29, 0.717) is 6.61 Å². The van der Waals surface area contributed by atoms with Gasteiger partial charge in [-0.2, -0.15) is 0 Å². The van der Waals surface area contributed by atoms with Crippen LogP contribution in [0.4, 0.5) is 0 Å². The van der Waals surface area contributed by atoms with E-state index in [0.717, 1.165) is 23.6 Å². The van der Waals surface area contributed by atoms with Crippen LogP contribution < -0.4 is 14.8 Å². The van der Waals surface area contributed by atoms with Crippen LogP contribution in [0.5, 0.6) is 11.5 Å².